The van der Waals surface area contributed by atoms with Gasteiger partial charge in [-0.15, -0.1) is 0 Å². The molecule has 96 valence electrons. The van der Waals surface area contributed by atoms with Gasteiger partial charge < -0.3 is 5.32 Å². The predicted octanol–water partition coefficient (Wildman–Crippen LogP) is 4.16. The van der Waals surface area contributed by atoms with Crippen molar-refractivity contribution in [2.75, 3.05) is 5.32 Å². The van der Waals surface area contributed by atoms with Crippen LogP contribution in [-0.4, -0.2) is 4.98 Å². The minimum Gasteiger partial charge on any atom is -0.354 e. The average molecular weight is 259 g/mol. The van der Waals surface area contributed by atoms with Crippen LogP contribution in [0.25, 0.3) is 10.8 Å². The third-order valence-electron chi connectivity index (χ3n) is 3.25. The molecule has 0 amide bonds. The minimum atomic E-state index is 0.640. The van der Waals surface area contributed by atoms with E-state index < -0.39 is 0 Å². The van der Waals surface area contributed by atoms with Crippen LogP contribution in [0.15, 0.2) is 54.9 Å². The van der Waals surface area contributed by atoms with Gasteiger partial charge in [0.1, 0.15) is 6.07 Å². The van der Waals surface area contributed by atoms with Gasteiger partial charge in [-0.25, -0.2) is 0 Å². The van der Waals surface area contributed by atoms with Gasteiger partial charge >= 0.3 is 0 Å². The highest BCUT2D eigenvalue weighted by Gasteiger charge is 2.05. The van der Waals surface area contributed by atoms with E-state index >= 15 is 0 Å². The number of hydrogen-bond acceptors (Lipinski definition) is 3. The first-order valence-corrected chi connectivity index (χ1v) is 6.38. The first-order valence-electron chi connectivity index (χ1n) is 6.38. The van der Waals surface area contributed by atoms with Crippen molar-refractivity contribution in [3.8, 4) is 6.07 Å². The van der Waals surface area contributed by atoms with Crippen molar-refractivity contribution in [1.82, 2.24) is 4.98 Å². The molecule has 3 heteroatoms. The molecule has 0 aliphatic rings. The number of hydrogen-bond donors (Lipinski definition) is 1. The number of rotatable bonds is 2. The van der Waals surface area contributed by atoms with Gasteiger partial charge in [0.05, 0.1) is 11.3 Å². The lowest BCUT2D eigenvalue weighted by Crippen LogP contribution is -1.95. The fraction of sp³-hybridized carbons (Fsp3) is 0.0588. The highest BCUT2D eigenvalue weighted by atomic mass is 14.9. The van der Waals surface area contributed by atoms with Gasteiger partial charge in [0, 0.05) is 28.9 Å². The van der Waals surface area contributed by atoms with Gasteiger partial charge in [0.25, 0.3) is 0 Å². The van der Waals surface area contributed by atoms with Crippen molar-refractivity contribution in [1.29, 1.82) is 5.26 Å². The van der Waals surface area contributed by atoms with Crippen LogP contribution in [0.1, 0.15) is 11.1 Å². The van der Waals surface area contributed by atoms with E-state index in [4.69, 9.17) is 0 Å². The van der Waals surface area contributed by atoms with E-state index in [9.17, 15) is 5.26 Å². The molecule has 0 unspecified atom stereocenters. The van der Waals surface area contributed by atoms with Crippen molar-refractivity contribution >= 4 is 22.1 Å². The van der Waals surface area contributed by atoms with Gasteiger partial charge in [-0.2, -0.15) is 5.26 Å². The molecule has 0 atom stereocenters. The van der Waals surface area contributed by atoms with Crippen molar-refractivity contribution < 1.29 is 0 Å². The topological polar surface area (TPSA) is 48.7 Å². The monoisotopic (exact) mass is 259 g/mol. The Labute approximate surface area is 117 Å². The Balaban J connectivity index is 2.10. The number of nitrogens with one attached hydrogen (secondary N) is 1. The standard InChI is InChI=1S/C17H13N3/c1-12-5-6-13(10-18)17(9-12)20-16-4-2-3-14-11-19-8-7-15(14)16/h2-9,11,20H,1H3. The first-order chi connectivity index (χ1) is 9.78. The maximum Gasteiger partial charge on any atom is 0.101 e. The summed E-state index contributed by atoms with van der Waals surface area (Å²) in [6, 6.07) is 16.0. The Kier molecular flexibility index (Phi) is 3.06. The molecular weight excluding hydrogens is 246 g/mol. The number of aryl methyl sites for hydroxylation is 1. The number of nitriles is 1. The summed E-state index contributed by atoms with van der Waals surface area (Å²) in [6.45, 7) is 2.01. The molecule has 0 aliphatic carbocycles. The lowest BCUT2D eigenvalue weighted by molar-refractivity contribution is 1.36. The predicted molar refractivity (Wildman–Crippen MR) is 80.9 cm³/mol. The molecule has 0 bridgehead atoms. The molecule has 0 fully saturated rings. The van der Waals surface area contributed by atoms with E-state index in [0.717, 1.165) is 27.7 Å². The van der Waals surface area contributed by atoms with Crippen molar-refractivity contribution in [2.45, 2.75) is 6.92 Å². The number of aromatic nitrogens is 1. The molecule has 20 heavy (non-hydrogen) atoms. The number of pyridine rings is 1. The summed E-state index contributed by atoms with van der Waals surface area (Å²) in [5.74, 6) is 0. The molecule has 0 saturated heterocycles. The zero-order valence-corrected chi connectivity index (χ0v) is 11.1. The van der Waals surface area contributed by atoms with Crippen LogP contribution < -0.4 is 5.32 Å². The van der Waals surface area contributed by atoms with Gasteiger partial charge in [-0.1, -0.05) is 18.2 Å². The molecule has 0 radical (unpaired) electrons. The van der Waals surface area contributed by atoms with Crippen molar-refractivity contribution in [2.24, 2.45) is 0 Å². The van der Waals surface area contributed by atoms with Gasteiger partial charge in [-0.05, 0) is 36.8 Å². The number of benzene rings is 2. The molecule has 0 saturated carbocycles. The van der Waals surface area contributed by atoms with Gasteiger partial charge in [0.2, 0.25) is 0 Å². The Bertz CT molecular complexity index is 811. The zero-order chi connectivity index (χ0) is 13.9. The third-order valence-corrected chi connectivity index (χ3v) is 3.25. The second-order valence-electron chi connectivity index (χ2n) is 4.69. The summed E-state index contributed by atoms with van der Waals surface area (Å²) in [7, 11) is 0. The second-order valence-corrected chi connectivity index (χ2v) is 4.69. The third kappa shape index (κ3) is 2.19. The van der Waals surface area contributed by atoms with Crippen molar-refractivity contribution in [3.63, 3.8) is 0 Å². The van der Waals surface area contributed by atoms with Crippen LogP contribution in [0.2, 0.25) is 0 Å². The van der Waals surface area contributed by atoms with Crippen molar-refractivity contribution in [3.05, 3.63) is 66.0 Å². The highest BCUT2D eigenvalue weighted by Crippen LogP contribution is 2.27. The summed E-state index contributed by atoms with van der Waals surface area (Å²) >= 11 is 0. The Hall–Kier alpha value is -2.86. The van der Waals surface area contributed by atoms with Crippen LogP contribution in [0, 0.1) is 18.3 Å². The molecule has 1 N–H and O–H groups in total. The molecule has 0 spiro atoms. The van der Waals surface area contributed by atoms with E-state index in [1.807, 2.05) is 55.6 Å². The quantitative estimate of drug-likeness (QED) is 0.751. The van der Waals surface area contributed by atoms with Crippen LogP contribution in [-0.2, 0) is 0 Å². The lowest BCUT2D eigenvalue weighted by atomic mass is 10.1. The van der Waals surface area contributed by atoms with Gasteiger partial charge in [0.15, 0.2) is 0 Å². The number of anilines is 2. The average Bonchev–Trinajstić information content (AvgIpc) is 2.48. The maximum atomic E-state index is 9.20. The Morgan fingerprint density at radius 1 is 1.10 bits per heavy atom. The smallest absolute Gasteiger partial charge is 0.101 e. The fourth-order valence-electron chi connectivity index (χ4n) is 2.24. The molecule has 2 aromatic carbocycles. The largest absolute Gasteiger partial charge is 0.354 e. The molecule has 0 aliphatic heterocycles. The maximum absolute atomic E-state index is 9.20. The van der Waals surface area contributed by atoms with E-state index in [1.54, 1.807) is 6.20 Å². The zero-order valence-electron chi connectivity index (χ0n) is 11.1. The van der Waals surface area contributed by atoms with Crippen LogP contribution >= 0.6 is 0 Å². The Morgan fingerprint density at radius 3 is 2.85 bits per heavy atom. The first kappa shape index (κ1) is 12.2. The fourth-order valence-corrected chi connectivity index (χ4v) is 2.24. The summed E-state index contributed by atoms with van der Waals surface area (Å²) < 4.78 is 0. The minimum absolute atomic E-state index is 0.640. The SMILES string of the molecule is Cc1ccc(C#N)c(Nc2cccc3cnccc23)c1. The summed E-state index contributed by atoms with van der Waals surface area (Å²) in [6.07, 6.45) is 3.61. The van der Waals surface area contributed by atoms with Crippen LogP contribution in [0.5, 0.6) is 0 Å². The summed E-state index contributed by atoms with van der Waals surface area (Å²) in [5, 5.41) is 14.7. The van der Waals surface area contributed by atoms with Crippen LogP contribution in [0.4, 0.5) is 11.4 Å². The van der Waals surface area contributed by atoms with E-state index in [0.29, 0.717) is 5.56 Å². The molecule has 3 aromatic rings. The Morgan fingerprint density at radius 2 is 2.00 bits per heavy atom. The molecule has 1 aromatic heterocycles. The van der Waals surface area contributed by atoms with Crippen LogP contribution in [0.3, 0.4) is 0 Å². The van der Waals surface area contributed by atoms with E-state index in [-0.39, 0.29) is 0 Å². The molecule has 3 nitrogen and oxygen atoms in total. The highest BCUT2D eigenvalue weighted by molar-refractivity contribution is 5.95. The normalized spacial score (nSPS) is 10.2. The summed E-state index contributed by atoms with van der Waals surface area (Å²) in [5.41, 5.74) is 3.57. The van der Waals surface area contributed by atoms with Gasteiger partial charge in [-0.3, -0.25) is 4.98 Å². The number of nitrogens with zero attached hydrogens (tertiary/aromatic N) is 2. The molecular formula is C17H13N3. The lowest BCUT2D eigenvalue weighted by Gasteiger charge is -2.11. The number of fused-ring (bicyclic) bond motifs is 1. The molecule has 3 rings (SSSR count). The van der Waals surface area contributed by atoms with E-state index in [1.165, 1.54) is 0 Å². The molecule has 1 heterocycles. The second kappa shape index (κ2) is 5.02. The van der Waals surface area contributed by atoms with E-state index in [2.05, 4.69) is 16.4 Å². The summed E-state index contributed by atoms with van der Waals surface area (Å²) in [4.78, 5) is 4.13.